The SMILES string of the molecule is CSCc1cccc(C(=O)Nc2ccsc2C(=O)O)c1. The number of hydrogen-bond donors (Lipinski definition) is 2. The molecule has 2 N–H and O–H groups in total. The molecule has 0 atom stereocenters. The van der Waals surface area contributed by atoms with Gasteiger partial charge in [-0.1, -0.05) is 12.1 Å². The molecule has 6 heteroatoms. The lowest BCUT2D eigenvalue weighted by Crippen LogP contribution is -2.13. The minimum atomic E-state index is -1.04. The van der Waals surface area contributed by atoms with Crippen molar-refractivity contribution in [1.82, 2.24) is 0 Å². The number of rotatable bonds is 5. The molecule has 0 bridgehead atoms. The monoisotopic (exact) mass is 307 g/mol. The molecule has 0 aliphatic heterocycles. The fourth-order valence-electron chi connectivity index (χ4n) is 1.74. The number of carboxylic acid groups (broad SMARTS) is 1. The summed E-state index contributed by atoms with van der Waals surface area (Å²) < 4.78 is 0. The van der Waals surface area contributed by atoms with Crippen molar-refractivity contribution >= 4 is 40.7 Å². The molecule has 104 valence electrons. The van der Waals surface area contributed by atoms with Gasteiger partial charge in [-0.05, 0) is 35.4 Å². The molecule has 0 aliphatic rings. The highest BCUT2D eigenvalue weighted by Crippen LogP contribution is 2.23. The van der Waals surface area contributed by atoms with E-state index >= 15 is 0 Å². The third kappa shape index (κ3) is 3.40. The fraction of sp³-hybridized carbons (Fsp3) is 0.143. The molecule has 0 aliphatic carbocycles. The summed E-state index contributed by atoms with van der Waals surface area (Å²) in [5.41, 5.74) is 1.93. The summed E-state index contributed by atoms with van der Waals surface area (Å²) in [4.78, 5) is 23.3. The minimum absolute atomic E-state index is 0.138. The van der Waals surface area contributed by atoms with Gasteiger partial charge in [0.15, 0.2) is 0 Å². The predicted octanol–water partition coefficient (Wildman–Crippen LogP) is 3.56. The lowest BCUT2D eigenvalue weighted by atomic mass is 10.1. The van der Waals surface area contributed by atoms with Gasteiger partial charge in [-0.15, -0.1) is 11.3 Å². The number of benzene rings is 1. The molecule has 2 rings (SSSR count). The van der Waals surface area contributed by atoms with Crippen LogP contribution in [0.3, 0.4) is 0 Å². The van der Waals surface area contributed by atoms with Crippen LogP contribution < -0.4 is 5.32 Å². The first-order valence-electron chi connectivity index (χ1n) is 5.82. The molecule has 0 radical (unpaired) electrons. The summed E-state index contributed by atoms with van der Waals surface area (Å²) in [5.74, 6) is -0.500. The molecule has 2 aromatic rings. The number of nitrogens with one attached hydrogen (secondary N) is 1. The van der Waals surface area contributed by atoms with E-state index in [1.54, 1.807) is 29.3 Å². The Kier molecular flexibility index (Phi) is 4.81. The average molecular weight is 307 g/mol. The van der Waals surface area contributed by atoms with Gasteiger partial charge in [0.2, 0.25) is 0 Å². The molecule has 0 saturated carbocycles. The van der Waals surface area contributed by atoms with Gasteiger partial charge in [0.1, 0.15) is 4.88 Å². The molecule has 1 heterocycles. The van der Waals surface area contributed by atoms with Crippen molar-refractivity contribution in [3.05, 3.63) is 51.7 Å². The largest absolute Gasteiger partial charge is 0.477 e. The average Bonchev–Trinajstić information content (AvgIpc) is 2.88. The molecule has 1 aromatic carbocycles. The van der Waals surface area contributed by atoms with Crippen LogP contribution in [0.2, 0.25) is 0 Å². The highest BCUT2D eigenvalue weighted by Gasteiger charge is 2.15. The van der Waals surface area contributed by atoms with Crippen LogP contribution in [-0.2, 0) is 5.75 Å². The van der Waals surface area contributed by atoms with Gasteiger partial charge in [0, 0.05) is 11.3 Å². The van der Waals surface area contributed by atoms with Crippen LogP contribution in [0.1, 0.15) is 25.6 Å². The zero-order chi connectivity index (χ0) is 14.5. The maximum absolute atomic E-state index is 12.1. The molecule has 0 saturated heterocycles. The van der Waals surface area contributed by atoms with E-state index in [0.29, 0.717) is 11.3 Å². The zero-order valence-corrected chi connectivity index (χ0v) is 12.4. The van der Waals surface area contributed by atoms with Crippen molar-refractivity contribution in [2.24, 2.45) is 0 Å². The number of thioether (sulfide) groups is 1. The molecule has 0 unspecified atom stereocenters. The van der Waals surface area contributed by atoms with Crippen molar-refractivity contribution in [2.45, 2.75) is 5.75 Å². The van der Waals surface area contributed by atoms with Crippen LogP contribution >= 0.6 is 23.1 Å². The molecule has 1 amide bonds. The number of carbonyl (C=O) groups excluding carboxylic acids is 1. The maximum atomic E-state index is 12.1. The van der Waals surface area contributed by atoms with Crippen molar-refractivity contribution in [2.75, 3.05) is 11.6 Å². The molecule has 0 spiro atoms. The van der Waals surface area contributed by atoms with Gasteiger partial charge in [-0.3, -0.25) is 4.79 Å². The summed E-state index contributed by atoms with van der Waals surface area (Å²) in [5, 5.41) is 13.3. The highest BCUT2D eigenvalue weighted by molar-refractivity contribution is 7.97. The van der Waals surface area contributed by atoms with Crippen LogP contribution in [0.15, 0.2) is 35.7 Å². The first-order valence-corrected chi connectivity index (χ1v) is 8.09. The van der Waals surface area contributed by atoms with E-state index in [1.807, 2.05) is 24.5 Å². The number of amides is 1. The first-order chi connectivity index (χ1) is 9.61. The predicted molar refractivity (Wildman–Crippen MR) is 82.9 cm³/mol. The Morgan fingerprint density at radius 1 is 1.35 bits per heavy atom. The van der Waals surface area contributed by atoms with E-state index in [1.165, 1.54) is 0 Å². The van der Waals surface area contributed by atoms with Gasteiger partial charge in [-0.2, -0.15) is 11.8 Å². The van der Waals surface area contributed by atoms with E-state index in [0.717, 1.165) is 22.7 Å². The molecule has 1 aromatic heterocycles. The standard InChI is InChI=1S/C14H13NO3S2/c1-19-8-9-3-2-4-10(7-9)13(16)15-11-5-6-20-12(11)14(17)18/h2-7H,8H2,1H3,(H,15,16)(H,17,18). The van der Waals surface area contributed by atoms with E-state index in [2.05, 4.69) is 5.32 Å². The number of carbonyl (C=O) groups is 2. The Morgan fingerprint density at radius 2 is 2.15 bits per heavy atom. The highest BCUT2D eigenvalue weighted by atomic mass is 32.2. The van der Waals surface area contributed by atoms with E-state index in [4.69, 9.17) is 5.11 Å². The third-order valence-electron chi connectivity index (χ3n) is 2.61. The van der Waals surface area contributed by atoms with Crippen molar-refractivity contribution in [3.63, 3.8) is 0 Å². The molecular weight excluding hydrogens is 294 g/mol. The van der Waals surface area contributed by atoms with Crippen molar-refractivity contribution in [3.8, 4) is 0 Å². The topological polar surface area (TPSA) is 66.4 Å². The summed E-state index contributed by atoms with van der Waals surface area (Å²) in [7, 11) is 0. The zero-order valence-electron chi connectivity index (χ0n) is 10.8. The molecule has 0 fully saturated rings. The van der Waals surface area contributed by atoms with Crippen molar-refractivity contribution < 1.29 is 14.7 Å². The van der Waals surface area contributed by atoms with Crippen LogP contribution in [0.4, 0.5) is 5.69 Å². The molecular formula is C14H13NO3S2. The lowest BCUT2D eigenvalue weighted by Gasteiger charge is -2.06. The minimum Gasteiger partial charge on any atom is -0.477 e. The number of carboxylic acids is 1. The smallest absolute Gasteiger partial charge is 0.348 e. The number of aromatic carboxylic acids is 1. The summed E-state index contributed by atoms with van der Waals surface area (Å²) in [6, 6.07) is 8.91. The molecule has 20 heavy (non-hydrogen) atoms. The quantitative estimate of drug-likeness (QED) is 0.886. The Balaban J connectivity index is 2.17. The normalized spacial score (nSPS) is 10.2. The Morgan fingerprint density at radius 3 is 2.85 bits per heavy atom. The lowest BCUT2D eigenvalue weighted by molar-refractivity contribution is 0.0703. The van der Waals surface area contributed by atoms with Gasteiger partial charge in [0.05, 0.1) is 5.69 Å². The van der Waals surface area contributed by atoms with Gasteiger partial charge < -0.3 is 10.4 Å². The van der Waals surface area contributed by atoms with Crippen LogP contribution in [0.5, 0.6) is 0 Å². The Labute approximate surface area is 124 Å². The van der Waals surface area contributed by atoms with E-state index < -0.39 is 5.97 Å². The Hall–Kier alpha value is -1.79. The van der Waals surface area contributed by atoms with Crippen LogP contribution in [-0.4, -0.2) is 23.2 Å². The second-order valence-electron chi connectivity index (χ2n) is 4.06. The van der Waals surface area contributed by atoms with E-state index in [-0.39, 0.29) is 10.8 Å². The maximum Gasteiger partial charge on any atom is 0.348 e. The first kappa shape index (κ1) is 14.6. The van der Waals surface area contributed by atoms with Crippen LogP contribution in [0, 0.1) is 0 Å². The van der Waals surface area contributed by atoms with Crippen molar-refractivity contribution in [1.29, 1.82) is 0 Å². The Bertz CT molecular complexity index is 637. The van der Waals surface area contributed by atoms with Gasteiger partial charge in [0.25, 0.3) is 5.91 Å². The summed E-state index contributed by atoms with van der Waals surface area (Å²) in [6.07, 6.45) is 2.00. The van der Waals surface area contributed by atoms with Gasteiger partial charge in [-0.25, -0.2) is 4.79 Å². The second kappa shape index (κ2) is 6.58. The van der Waals surface area contributed by atoms with E-state index in [9.17, 15) is 9.59 Å². The number of thiophene rings is 1. The van der Waals surface area contributed by atoms with Crippen LogP contribution in [0.25, 0.3) is 0 Å². The number of hydrogen-bond acceptors (Lipinski definition) is 4. The molecule has 4 nitrogen and oxygen atoms in total. The third-order valence-corrected chi connectivity index (χ3v) is 4.13. The van der Waals surface area contributed by atoms with Gasteiger partial charge >= 0.3 is 5.97 Å². The fourth-order valence-corrected chi connectivity index (χ4v) is 2.94. The summed E-state index contributed by atoms with van der Waals surface area (Å²) in [6.45, 7) is 0. The summed E-state index contributed by atoms with van der Waals surface area (Å²) >= 11 is 2.77. The second-order valence-corrected chi connectivity index (χ2v) is 5.84. The number of anilines is 1.